The van der Waals surface area contributed by atoms with E-state index in [1.165, 1.54) is 0 Å². The fourth-order valence-corrected chi connectivity index (χ4v) is 1.83. The van der Waals surface area contributed by atoms with Gasteiger partial charge in [-0.3, -0.25) is 0 Å². The van der Waals surface area contributed by atoms with Gasteiger partial charge in [-0.15, -0.1) is 0 Å². The molecule has 0 unspecified atom stereocenters. The summed E-state index contributed by atoms with van der Waals surface area (Å²) in [4.78, 5) is 0. The lowest BCUT2D eigenvalue weighted by Crippen LogP contribution is -2.03. The fraction of sp³-hybridized carbons (Fsp3) is 0.235. The van der Waals surface area contributed by atoms with E-state index >= 15 is 0 Å². The van der Waals surface area contributed by atoms with Crippen LogP contribution in [0.2, 0.25) is 0 Å². The van der Waals surface area contributed by atoms with Crippen LogP contribution in [0, 0.1) is 34.6 Å². The second-order valence-corrected chi connectivity index (χ2v) is 4.77. The minimum atomic E-state index is -1.80. The van der Waals surface area contributed by atoms with Gasteiger partial charge in [-0.25, -0.2) is 17.6 Å². The second-order valence-electron chi connectivity index (χ2n) is 4.77. The first-order chi connectivity index (χ1) is 10.9. The quantitative estimate of drug-likeness (QED) is 0.530. The molecule has 0 amide bonds. The molecule has 1 N–H and O–H groups in total. The molecule has 0 fully saturated rings. The maximum Gasteiger partial charge on any atom is 0.197 e. The third-order valence-electron chi connectivity index (χ3n) is 2.94. The lowest BCUT2D eigenvalue weighted by Gasteiger charge is -2.06. The molecule has 0 bridgehead atoms. The van der Waals surface area contributed by atoms with Crippen molar-refractivity contribution >= 4 is 0 Å². The highest BCUT2D eigenvalue weighted by Crippen LogP contribution is 2.20. The monoisotopic (exact) mass is 324 g/mol. The van der Waals surface area contributed by atoms with Gasteiger partial charge in [0.15, 0.2) is 23.3 Å². The smallest absolute Gasteiger partial charge is 0.197 e. The Kier molecular flexibility index (Phi) is 7.23. The molecule has 0 saturated heterocycles. The molecule has 0 atom stereocenters. The maximum atomic E-state index is 13.4. The molecular weight excluding hydrogens is 308 g/mol. The number of nitriles is 1. The average molecular weight is 324 g/mol. The van der Waals surface area contributed by atoms with Crippen LogP contribution in [0.5, 0.6) is 0 Å². The molecule has 0 aromatic heterocycles. The molecule has 0 aliphatic heterocycles. The van der Waals surface area contributed by atoms with Crippen molar-refractivity contribution in [2.45, 2.75) is 12.8 Å². The first-order valence-electron chi connectivity index (χ1n) is 6.84. The summed E-state index contributed by atoms with van der Waals surface area (Å²) in [6, 6.07) is 9.16. The Hall–Kier alpha value is -2.39. The van der Waals surface area contributed by atoms with Gasteiger partial charge in [-0.05, 0) is 56.3 Å². The van der Waals surface area contributed by atoms with E-state index in [9.17, 15) is 17.6 Å². The molecule has 23 heavy (non-hydrogen) atoms. The van der Waals surface area contributed by atoms with Crippen LogP contribution in [-0.4, -0.2) is 14.1 Å². The number of halogens is 4. The van der Waals surface area contributed by atoms with E-state index in [0.717, 1.165) is 5.56 Å². The first kappa shape index (κ1) is 18.7. The molecule has 2 aromatic carbocycles. The molecule has 2 aromatic rings. The topological polar surface area (TPSA) is 35.8 Å². The minimum Gasteiger partial charge on any atom is -0.323 e. The Bertz CT molecular complexity index is 691. The molecule has 0 spiro atoms. The normalized spacial score (nSPS) is 9.78. The van der Waals surface area contributed by atoms with Gasteiger partial charge < -0.3 is 5.32 Å². The lowest BCUT2D eigenvalue weighted by atomic mass is 10.0. The minimum absolute atomic E-state index is 0.0336. The number of hydrogen-bond donors (Lipinski definition) is 1. The van der Waals surface area contributed by atoms with Gasteiger partial charge in [0.25, 0.3) is 0 Å². The predicted molar refractivity (Wildman–Crippen MR) is 79.8 cm³/mol. The van der Waals surface area contributed by atoms with Crippen LogP contribution < -0.4 is 5.32 Å². The molecule has 0 aliphatic carbocycles. The highest BCUT2D eigenvalue weighted by Gasteiger charge is 2.18. The second kappa shape index (κ2) is 8.91. The van der Waals surface area contributed by atoms with Crippen molar-refractivity contribution in [3.63, 3.8) is 0 Å². The number of nitrogens with zero attached hydrogens (tertiary/aromatic N) is 1. The van der Waals surface area contributed by atoms with Gasteiger partial charge in [-0.2, -0.15) is 5.26 Å². The fourth-order valence-electron chi connectivity index (χ4n) is 1.83. The van der Waals surface area contributed by atoms with Gasteiger partial charge in [0, 0.05) is 0 Å². The number of benzene rings is 2. The van der Waals surface area contributed by atoms with Crippen LogP contribution in [0.1, 0.15) is 16.7 Å². The molecule has 122 valence electrons. The Morgan fingerprint density at radius 1 is 0.913 bits per heavy atom. The number of hydrogen-bond acceptors (Lipinski definition) is 2. The van der Waals surface area contributed by atoms with Crippen molar-refractivity contribution in [2.24, 2.45) is 0 Å². The van der Waals surface area contributed by atoms with Crippen molar-refractivity contribution in [1.29, 1.82) is 5.26 Å². The molecule has 2 nitrogen and oxygen atoms in total. The Morgan fingerprint density at radius 2 is 1.48 bits per heavy atom. The summed E-state index contributed by atoms with van der Waals surface area (Å²) in [6.07, 6.45) is 0.360. The van der Waals surface area contributed by atoms with Gasteiger partial charge in [0.1, 0.15) is 0 Å². The summed E-state index contributed by atoms with van der Waals surface area (Å²) < 4.78 is 52.3. The Balaban J connectivity index is 0.000000816. The van der Waals surface area contributed by atoms with Gasteiger partial charge in [0.05, 0.1) is 11.6 Å². The molecule has 6 heteroatoms. The van der Waals surface area contributed by atoms with E-state index < -0.39 is 23.3 Å². The van der Waals surface area contributed by atoms with Crippen molar-refractivity contribution in [2.75, 3.05) is 14.1 Å². The van der Waals surface area contributed by atoms with Crippen LogP contribution in [0.3, 0.4) is 0 Å². The summed E-state index contributed by atoms with van der Waals surface area (Å²) in [5.74, 6) is -6.36. The molecule has 0 saturated carbocycles. The zero-order valence-corrected chi connectivity index (χ0v) is 12.8. The summed E-state index contributed by atoms with van der Waals surface area (Å²) in [6.45, 7) is 0. The summed E-state index contributed by atoms with van der Waals surface area (Å²) >= 11 is 0. The average Bonchev–Trinajstić information content (AvgIpc) is 2.56. The van der Waals surface area contributed by atoms with Gasteiger partial charge in [-0.1, -0.05) is 12.1 Å². The highest BCUT2D eigenvalue weighted by atomic mass is 19.2. The SMILES string of the molecule is CNC.N#Cc1ccc(CCc2cc(F)c(F)c(F)c2F)cc1. The first-order valence-corrected chi connectivity index (χ1v) is 6.84. The van der Waals surface area contributed by atoms with Crippen LogP contribution >= 0.6 is 0 Å². The summed E-state index contributed by atoms with van der Waals surface area (Å²) in [5.41, 5.74) is 1.05. The van der Waals surface area contributed by atoms with Crippen LogP contribution in [0.15, 0.2) is 30.3 Å². The van der Waals surface area contributed by atoms with E-state index in [2.05, 4.69) is 5.32 Å². The summed E-state index contributed by atoms with van der Waals surface area (Å²) in [7, 11) is 3.75. The van der Waals surface area contributed by atoms with Crippen molar-refractivity contribution in [3.05, 3.63) is 70.3 Å². The largest absolute Gasteiger partial charge is 0.323 e. The molecule has 0 aliphatic rings. The molecule has 0 heterocycles. The van der Waals surface area contributed by atoms with E-state index in [-0.39, 0.29) is 12.0 Å². The Labute approximate surface area is 132 Å². The number of rotatable bonds is 3. The zero-order valence-electron chi connectivity index (χ0n) is 12.8. The molecule has 2 rings (SSSR count). The van der Waals surface area contributed by atoms with Crippen LogP contribution in [0.25, 0.3) is 0 Å². The zero-order chi connectivity index (χ0) is 17.4. The summed E-state index contributed by atoms with van der Waals surface area (Å²) in [5, 5.41) is 11.4. The van der Waals surface area contributed by atoms with E-state index in [4.69, 9.17) is 5.26 Å². The highest BCUT2D eigenvalue weighted by molar-refractivity contribution is 5.32. The molecule has 0 radical (unpaired) electrons. The van der Waals surface area contributed by atoms with Crippen molar-refractivity contribution in [1.82, 2.24) is 5.32 Å². The van der Waals surface area contributed by atoms with Crippen LogP contribution in [0.4, 0.5) is 17.6 Å². The van der Waals surface area contributed by atoms with Crippen LogP contribution in [-0.2, 0) is 12.8 Å². The number of nitrogens with one attached hydrogen (secondary N) is 1. The number of aryl methyl sites for hydroxylation is 2. The van der Waals surface area contributed by atoms with Gasteiger partial charge in [0.2, 0.25) is 0 Å². The van der Waals surface area contributed by atoms with Crippen molar-refractivity contribution < 1.29 is 17.6 Å². The van der Waals surface area contributed by atoms with E-state index in [1.807, 2.05) is 20.2 Å². The maximum absolute atomic E-state index is 13.4. The lowest BCUT2D eigenvalue weighted by molar-refractivity contribution is 0.403. The third kappa shape index (κ3) is 5.08. The Morgan fingerprint density at radius 3 is 2.00 bits per heavy atom. The van der Waals surface area contributed by atoms with Gasteiger partial charge >= 0.3 is 0 Å². The van der Waals surface area contributed by atoms with Crippen molar-refractivity contribution in [3.8, 4) is 6.07 Å². The third-order valence-corrected chi connectivity index (χ3v) is 2.94. The van der Waals surface area contributed by atoms with E-state index in [1.54, 1.807) is 24.3 Å². The standard InChI is InChI=1S/C15H9F4N.C2H7N/c16-12-7-11(13(17)15(19)14(12)18)6-5-9-1-3-10(8-20)4-2-9;1-3-2/h1-4,7H,5-6H2;3H,1-2H3. The van der Waals surface area contributed by atoms with E-state index in [0.29, 0.717) is 18.1 Å². The molecular formula is C17H16F4N2. The predicted octanol–water partition coefficient (Wildman–Crippen LogP) is 3.74.